The number of anilines is 1. The number of methoxy groups -OCH3 is 1. The number of nitrogens with one attached hydrogen (secondary N) is 1. The number of nitrogens with zero attached hydrogens (tertiary/aromatic N) is 5. The molecular formula is C24H24N6O3. The zero-order chi connectivity index (χ0) is 23.5. The second-order valence-corrected chi connectivity index (χ2v) is 7.76. The molecule has 1 N–H and O–H groups in total. The van der Waals surface area contributed by atoms with Crippen molar-refractivity contribution in [1.82, 2.24) is 24.1 Å². The third kappa shape index (κ3) is 4.52. The van der Waals surface area contributed by atoms with Gasteiger partial charge >= 0.3 is 0 Å². The smallest absolute Gasteiger partial charge is 0.263 e. The van der Waals surface area contributed by atoms with Crippen LogP contribution >= 0.6 is 0 Å². The molecule has 0 atom stereocenters. The topological polar surface area (TPSA) is 104 Å². The van der Waals surface area contributed by atoms with Crippen molar-refractivity contribution in [3.8, 4) is 28.5 Å². The number of amides is 1. The highest BCUT2D eigenvalue weighted by molar-refractivity contribution is 6.04. The Morgan fingerprint density at radius 2 is 1.94 bits per heavy atom. The largest absolute Gasteiger partial charge is 0.481 e. The van der Waals surface area contributed by atoms with Gasteiger partial charge in [0.15, 0.2) is 5.82 Å². The Labute approximate surface area is 190 Å². The van der Waals surface area contributed by atoms with Crippen LogP contribution in [0, 0.1) is 0 Å². The fourth-order valence-corrected chi connectivity index (χ4v) is 3.44. The van der Waals surface area contributed by atoms with Gasteiger partial charge in [0.05, 0.1) is 7.11 Å². The van der Waals surface area contributed by atoms with Gasteiger partial charge in [-0.3, -0.25) is 9.59 Å². The second-order valence-electron chi connectivity index (χ2n) is 7.76. The number of aromatic nitrogens is 5. The monoisotopic (exact) mass is 444 g/mol. The number of carbonyl (C=O) groups is 1. The summed E-state index contributed by atoms with van der Waals surface area (Å²) in [6.45, 7) is 4.11. The van der Waals surface area contributed by atoms with E-state index in [9.17, 15) is 9.59 Å². The second kappa shape index (κ2) is 9.07. The summed E-state index contributed by atoms with van der Waals surface area (Å²) in [4.78, 5) is 38.8. The van der Waals surface area contributed by atoms with Crippen LogP contribution in [-0.4, -0.2) is 37.1 Å². The van der Waals surface area contributed by atoms with E-state index < -0.39 is 11.5 Å². The zero-order valence-corrected chi connectivity index (χ0v) is 18.8. The zero-order valence-electron chi connectivity index (χ0n) is 18.8. The van der Waals surface area contributed by atoms with Crippen molar-refractivity contribution in [3.05, 3.63) is 77.1 Å². The molecule has 4 aromatic rings. The van der Waals surface area contributed by atoms with Gasteiger partial charge in [-0.15, -0.1) is 0 Å². The van der Waals surface area contributed by atoms with Crippen molar-refractivity contribution in [1.29, 1.82) is 0 Å². The molecule has 0 spiro atoms. The predicted octanol–water partition coefficient (Wildman–Crippen LogP) is 3.55. The third-order valence-corrected chi connectivity index (χ3v) is 5.15. The van der Waals surface area contributed by atoms with Gasteiger partial charge in [0, 0.05) is 55.1 Å². The first-order valence-corrected chi connectivity index (χ1v) is 10.4. The van der Waals surface area contributed by atoms with Gasteiger partial charge in [-0.2, -0.15) is 0 Å². The van der Waals surface area contributed by atoms with E-state index in [2.05, 4.69) is 34.1 Å². The lowest BCUT2D eigenvalue weighted by molar-refractivity contribution is 0.102. The van der Waals surface area contributed by atoms with E-state index in [0.29, 0.717) is 28.8 Å². The Kier molecular flexibility index (Phi) is 6.03. The Morgan fingerprint density at radius 3 is 2.64 bits per heavy atom. The lowest BCUT2D eigenvalue weighted by Crippen LogP contribution is -2.27. The predicted molar refractivity (Wildman–Crippen MR) is 125 cm³/mol. The van der Waals surface area contributed by atoms with Gasteiger partial charge in [0.2, 0.25) is 5.88 Å². The third-order valence-electron chi connectivity index (χ3n) is 5.15. The minimum absolute atomic E-state index is 0.00158. The summed E-state index contributed by atoms with van der Waals surface area (Å²) in [6.07, 6.45) is 6.89. The summed E-state index contributed by atoms with van der Waals surface area (Å²) < 4.78 is 8.46. The molecule has 0 bridgehead atoms. The molecule has 0 saturated heterocycles. The molecule has 168 valence electrons. The molecule has 9 nitrogen and oxygen atoms in total. The van der Waals surface area contributed by atoms with Crippen LogP contribution in [0.4, 0.5) is 5.82 Å². The van der Waals surface area contributed by atoms with Gasteiger partial charge in [0.1, 0.15) is 17.1 Å². The maximum Gasteiger partial charge on any atom is 0.263 e. The summed E-state index contributed by atoms with van der Waals surface area (Å²) in [5.41, 5.74) is 1.64. The van der Waals surface area contributed by atoms with Crippen LogP contribution in [0.5, 0.6) is 5.88 Å². The Bertz CT molecular complexity index is 1360. The first kappa shape index (κ1) is 21.9. The van der Waals surface area contributed by atoms with Crippen LogP contribution in [0.1, 0.15) is 30.2 Å². The van der Waals surface area contributed by atoms with Crippen molar-refractivity contribution in [3.63, 3.8) is 0 Å². The number of rotatable bonds is 6. The summed E-state index contributed by atoms with van der Waals surface area (Å²) in [7, 11) is 3.14. The fraction of sp³-hybridized carbons (Fsp3) is 0.208. The first-order valence-electron chi connectivity index (χ1n) is 10.4. The number of pyridine rings is 3. The molecule has 0 radical (unpaired) electrons. The number of ether oxygens (including phenoxy) is 1. The van der Waals surface area contributed by atoms with E-state index in [-0.39, 0.29) is 11.6 Å². The average molecular weight is 444 g/mol. The number of imidazole rings is 1. The molecule has 0 aromatic carbocycles. The van der Waals surface area contributed by atoms with Gasteiger partial charge in [-0.05, 0) is 38.1 Å². The summed E-state index contributed by atoms with van der Waals surface area (Å²) in [5.74, 6) is 0.960. The molecule has 0 unspecified atom stereocenters. The number of hydrogen-bond acceptors (Lipinski definition) is 6. The average Bonchev–Trinajstić information content (AvgIpc) is 3.31. The van der Waals surface area contributed by atoms with Crippen molar-refractivity contribution < 1.29 is 9.53 Å². The molecule has 4 heterocycles. The SMILES string of the molecule is COc1ccc(-c2cc(C(=O)Nc3cccc(-c4nccn4C(C)C)n3)c(=O)n(C)c2)cn1. The maximum atomic E-state index is 13.0. The molecule has 1 amide bonds. The summed E-state index contributed by atoms with van der Waals surface area (Å²) in [5, 5.41) is 2.74. The fourth-order valence-electron chi connectivity index (χ4n) is 3.44. The van der Waals surface area contributed by atoms with Crippen LogP contribution in [-0.2, 0) is 7.05 Å². The lowest BCUT2D eigenvalue weighted by atomic mass is 10.1. The summed E-state index contributed by atoms with van der Waals surface area (Å²) >= 11 is 0. The first-order chi connectivity index (χ1) is 15.9. The molecule has 33 heavy (non-hydrogen) atoms. The van der Waals surface area contributed by atoms with E-state index >= 15 is 0 Å². The Morgan fingerprint density at radius 1 is 1.12 bits per heavy atom. The van der Waals surface area contributed by atoms with E-state index in [0.717, 1.165) is 5.56 Å². The molecule has 0 aliphatic heterocycles. The molecule has 9 heteroatoms. The van der Waals surface area contributed by atoms with E-state index in [1.165, 1.54) is 11.7 Å². The lowest BCUT2D eigenvalue weighted by Gasteiger charge is -2.12. The highest BCUT2D eigenvalue weighted by Crippen LogP contribution is 2.22. The quantitative estimate of drug-likeness (QED) is 0.488. The molecular weight excluding hydrogens is 420 g/mol. The van der Waals surface area contributed by atoms with E-state index in [4.69, 9.17) is 4.74 Å². The van der Waals surface area contributed by atoms with Gasteiger partial charge < -0.3 is 19.2 Å². The van der Waals surface area contributed by atoms with Crippen LogP contribution in [0.2, 0.25) is 0 Å². The number of carbonyl (C=O) groups excluding carboxylic acids is 1. The van der Waals surface area contributed by atoms with Crippen molar-refractivity contribution in [2.24, 2.45) is 7.05 Å². The van der Waals surface area contributed by atoms with Crippen molar-refractivity contribution >= 4 is 11.7 Å². The molecule has 0 aliphatic rings. The Hall–Kier alpha value is -4.27. The van der Waals surface area contributed by atoms with Gasteiger partial charge in [-0.1, -0.05) is 6.07 Å². The molecule has 0 aliphatic carbocycles. The van der Waals surface area contributed by atoms with Crippen LogP contribution in [0.3, 0.4) is 0 Å². The summed E-state index contributed by atoms with van der Waals surface area (Å²) in [6, 6.07) is 10.6. The highest BCUT2D eigenvalue weighted by Gasteiger charge is 2.16. The van der Waals surface area contributed by atoms with Gasteiger partial charge in [0.25, 0.3) is 11.5 Å². The molecule has 0 fully saturated rings. The minimum Gasteiger partial charge on any atom is -0.481 e. The van der Waals surface area contributed by atoms with Crippen molar-refractivity contribution in [2.75, 3.05) is 12.4 Å². The van der Waals surface area contributed by atoms with Crippen LogP contribution in [0.15, 0.2) is 66.0 Å². The van der Waals surface area contributed by atoms with Crippen LogP contribution < -0.4 is 15.6 Å². The molecule has 0 saturated carbocycles. The Balaban J connectivity index is 1.64. The molecule has 4 aromatic heterocycles. The molecule has 4 rings (SSSR count). The van der Waals surface area contributed by atoms with E-state index in [1.54, 1.807) is 49.9 Å². The normalized spacial score (nSPS) is 10.9. The number of aryl methyl sites for hydroxylation is 1. The number of hydrogen-bond donors (Lipinski definition) is 1. The maximum absolute atomic E-state index is 13.0. The van der Waals surface area contributed by atoms with Crippen LogP contribution in [0.25, 0.3) is 22.6 Å². The van der Waals surface area contributed by atoms with Gasteiger partial charge in [-0.25, -0.2) is 15.0 Å². The minimum atomic E-state index is -0.546. The van der Waals surface area contributed by atoms with Crippen molar-refractivity contribution in [2.45, 2.75) is 19.9 Å². The standard InChI is InChI=1S/C24H24N6O3/c1-15(2)30-11-10-25-22(30)19-6-5-7-20(27-19)28-23(31)18-12-17(14-29(3)24(18)32)16-8-9-21(33-4)26-13-16/h5-15H,1-4H3,(H,27,28,31). The highest BCUT2D eigenvalue weighted by atomic mass is 16.5. The van der Waals surface area contributed by atoms with E-state index in [1.807, 2.05) is 22.9 Å².